The molecule has 1 aliphatic rings. The summed E-state index contributed by atoms with van der Waals surface area (Å²) in [4.78, 5) is 2.50. The van der Waals surface area contributed by atoms with E-state index in [1.54, 1.807) is 0 Å². The Labute approximate surface area is 374 Å². The van der Waals surface area contributed by atoms with Crippen molar-refractivity contribution in [1.29, 1.82) is 0 Å². The third kappa shape index (κ3) is 6.08. The zero-order chi connectivity index (χ0) is 42.5. The van der Waals surface area contributed by atoms with Gasteiger partial charge >= 0.3 is 0 Å². The molecule has 64 heavy (non-hydrogen) atoms. The summed E-state index contributed by atoms with van der Waals surface area (Å²) in [6.07, 6.45) is 0. The number of hydrogen-bond acceptors (Lipinski definition) is 1. The minimum atomic E-state index is -0.481. The summed E-state index contributed by atoms with van der Waals surface area (Å²) < 4.78 is 0. The van der Waals surface area contributed by atoms with E-state index in [1.165, 1.54) is 88.3 Å². The minimum Gasteiger partial charge on any atom is -0.310 e. The first-order chi connectivity index (χ1) is 31.8. The molecule has 0 bridgehead atoms. The van der Waals surface area contributed by atoms with E-state index in [2.05, 4.69) is 266 Å². The SMILES string of the molecule is c1ccc(-c2ccc(-c3ccc(N(c4ccc5c(c4)-c4ccccc4C5(c4ccccc4)c4ccccc4)c4cc5ccccc5c5ccccc45)cc3-c3ccccc3)cc2)cc1. The van der Waals surface area contributed by atoms with E-state index in [0.29, 0.717) is 0 Å². The average molecular weight is 814 g/mol. The van der Waals surface area contributed by atoms with Crippen LogP contribution in [0.3, 0.4) is 0 Å². The van der Waals surface area contributed by atoms with E-state index >= 15 is 0 Å². The molecule has 0 amide bonds. The molecule has 0 saturated heterocycles. The van der Waals surface area contributed by atoms with Crippen LogP contribution >= 0.6 is 0 Å². The van der Waals surface area contributed by atoms with Gasteiger partial charge in [-0.15, -0.1) is 0 Å². The Balaban J connectivity index is 1.11. The fourth-order valence-electron chi connectivity index (χ4n) is 10.5. The van der Waals surface area contributed by atoms with Crippen molar-refractivity contribution in [3.8, 4) is 44.5 Å². The summed E-state index contributed by atoms with van der Waals surface area (Å²) in [5.74, 6) is 0. The highest BCUT2D eigenvalue weighted by Crippen LogP contribution is 2.57. The van der Waals surface area contributed by atoms with Crippen LogP contribution in [0, 0.1) is 0 Å². The van der Waals surface area contributed by atoms with E-state index in [-0.39, 0.29) is 0 Å². The van der Waals surface area contributed by atoms with E-state index < -0.39 is 5.41 Å². The van der Waals surface area contributed by atoms with Gasteiger partial charge in [0.15, 0.2) is 0 Å². The molecule has 11 aromatic rings. The summed E-state index contributed by atoms with van der Waals surface area (Å²) in [6, 6.07) is 95.9. The molecule has 1 heteroatoms. The Bertz CT molecular complexity index is 3430. The highest BCUT2D eigenvalue weighted by molar-refractivity contribution is 6.15. The van der Waals surface area contributed by atoms with Crippen molar-refractivity contribution in [2.24, 2.45) is 0 Å². The second kappa shape index (κ2) is 15.6. The van der Waals surface area contributed by atoms with Gasteiger partial charge in [-0.05, 0) is 113 Å². The molecular weight excluding hydrogens is 771 g/mol. The second-order valence-electron chi connectivity index (χ2n) is 16.8. The van der Waals surface area contributed by atoms with Crippen molar-refractivity contribution in [2.75, 3.05) is 4.90 Å². The highest BCUT2D eigenvalue weighted by Gasteiger charge is 2.46. The third-order valence-electron chi connectivity index (χ3n) is 13.3. The van der Waals surface area contributed by atoms with Crippen LogP contribution in [0.1, 0.15) is 22.3 Å². The Morgan fingerprint density at radius 3 is 1.42 bits per heavy atom. The van der Waals surface area contributed by atoms with Crippen LogP contribution in [0.5, 0.6) is 0 Å². The topological polar surface area (TPSA) is 3.24 Å². The largest absolute Gasteiger partial charge is 0.310 e. The predicted octanol–water partition coefficient (Wildman–Crippen LogP) is 16.8. The zero-order valence-electron chi connectivity index (χ0n) is 35.3. The van der Waals surface area contributed by atoms with Crippen molar-refractivity contribution in [3.05, 3.63) is 283 Å². The van der Waals surface area contributed by atoms with Gasteiger partial charge in [-0.25, -0.2) is 0 Å². The van der Waals surface area contributed by atoms with Gasteiger partial charge < -0.3 is 4.90 Å². The summed E-state index contributed by atoms with van der Waals surface area (Å²) in [6.45, 7) is 0. The fraction of sp³-hybridized carbons (Fsp3) is 0.0159. The lowest BCUT2D eigenvalue weighted by atomic mass is 9.68. The molecule has 0 spiro atoms. The smallest absolute Gasteiger partial charge is 0.0713 e. The van der Waals surface area contributed by atoms with Crippen LogP contribution < -0.4 is 4.90 Å². The predicted molar refractivity (Wildman–Crippen MR) is 270 cm³/mol. The Morgan fingerprint density at radius 1 is 0.266 bits per heavy atom. The van der Waals surface area contributed by atoms with Crippen LogP contribution in [0.25, 0.3) is 66.1 Å². The maximum atomic E-state index is 2.50. The number of rotatable bonds is 8. The van der Waals surface area contributed by atoms with Gasteiger partial charge in [0.05, 0.1) is 11.1 Å². The Kier molecular flexibility index (Phi) is 9.13. The van der Waals surface area contributed by atoms with Crippen molar-refractivity contribution < 1.29 is 0 Å². The van der Waals surface area contributed by atoms with Crippen molar-refractivity contribution in [1.82, 2.24) is 0 Å². The molecule has 0 aromatic heterocycles. The standard InChI is InChI=1S/C63H43N/c1-5-19-44(20-6-1)45-33-35-47(36-34-45)54-39-37-51(42-58(54)46-21-7-2-8-22-46)64(62-41-48-23-13-14-28-53(48)55-29-15-16-31-57(55)62)52-38-40-61-59(43-52)56-30-17-18-32-60(56)63(61,49-24-9-3-10-25-49)50-26-11-4-12-27-50/h1-43H. The van der Waals surface area contributed by atoms with E-state index in [1.807, 2.05) is 0 Å². The van der Waals surface area contributed by atoms with Gasteiger partial charge in [-0.3, -0.25) is 0 Å². The normalized spacial score (nSPS) is 12.5. The van der Waals surface area contributed by atoms with Gasteiger partial charge in [0.2, 0.25) is 0 Å². The fourth-order valence-corrected chi connectivity index (χ4v) is 10.5. The van der Waals surface area contributed by atoms with E-state index in [9.17, 15) is 0 Å². The summed E-state index contributed by atoms with van der Waals surface area (Å²) in [5.41, 5.74) is 17.6. The maximum Gasteiger partial charge on any atom is 0.0713 e. The van der Waals surface area contributed by atoms with Crippen LogP contribution in [-0.4, -0.2) is 0 Å². The van der Waals surface area contributed by atoms with Crippen LogP contribution in [-0.2, 0) is 5.41 Å². The summed E-state index contributed by atoms with van der Waals surface area (Å²) in [5, 5.41) is 4.89. The summed E-state index contributed by atoms with van der Waals surface area (Å²) >= 11 is 0. The third-order valence-corrected chi connectivity index (χ3v) is 13.3. The Hall–Kier alpha value is -8.26. The lowest BCUT2D eigenvalue weighted by Crippen LogP contribution is -2.28. The summed E-state index contributed by atoms with van der Waals surface area (Å²) in [7, 11) is 0. The molecule has 0 N–H and O–H groups in total. The van der Waals surface area contributed by atoms with Gasteiger partial charge in [0, 0.05) is 16.8 Å². The number of anilines is 3. The molecule has 0 unspecified atom stereocenters. The maximum absolute atomic E-state index is 2.50. The van der Waals surface area contributed by atoms with Crippen molar-refractivity contribution in [3.63, 3.8) is 0 Å². The number of hydrogen-bond donors (Lipinski definition) is 0. The van der Waals surface area contributed by atoms with Crippen molar-refractivity contribution in [2.45, 2.75) is 5.41 Å². The number of benzene rings is 11. The number of fused-ring (bicyclic) bond motifs is 6. The van der Waals surface area contributed by atoms with E-state index in [4.69, 9.17) is 0 Å². The van der Waals surface area contributed by atoms with Crippen LogP contribution in [0.4, 0.5) is 17.1 Å². The molecular formula is C63H43N. The molecule has 1 aliphatic carbocycles. The van der Waals surface area contributed by atoms with Gasteiger partial charge in [-0.1, -0.05) is 231 Å². The first-order valence-electron chi connectivity index (χ1n) is 22.2. The molecule has 0 aliphatic heterocycles. The molecule has 0 fully saturated rings. The molecule has 0 heterocycles. The quantitative estimate of drug-likeness (QED) is 0.138. The lowest BCUT2D eigenvalue weighted by molar-refractivity contribution is 0.768. The van der Waals surface area contributed by atoms with Gasteiger partial charge in [0.25, 0.3) is 0 Å². The average Bonchev–Trinajstić information content (AvgIpc) is 3.68. The van der Waals surface area contributed by atoms with Gasteiger partial charge in [-0.2, -0.15) is 0 Å². The molecule has 11 aromatic carbocycles. The lowest BCUT2D eigenvalue weighted by Gasteiger charge is -2.34. The second-order valence-corrected chi connectivity index (χ2v) is 16.8. The number of nitrogens with zero attached hydrogens (tertiary/aromatic N) is 1. The molecule has 12 rings (SSSR count). The van der Waals surface area contributed by atoms with Crippen LogP contribution in [0.2, 0.25) is 0 Å². The molecule has 1 nitrogen and oxygen atoms in total. The molecule has 0 radical (unpaired) electrons. The zero-order valence-corrected chi connectivity index (χ0v) is 35.3. The molecule has 300 valence electrons. The first kappa shape index (κ1) is 37.5. The van der Waals surface area contributed by atoms with E-state index in [0.717, 1.165) is 17.1 Å². The monoisotopic (exact) mass is 813 g/mol. The van der Waals surface area contributed by atoms with Gasteiger partial charge in [0.1, 0.15) is 0 Å². The first-order valence-corrected chi connectivity index (χ1v) is 22.2. The Morgan fingerprint density at radius 2 is 0.734 bits per heavy atom. The molecule has 0 saturated carbocycles. The highest BCUT2D eigenvalue weighted by atomic mass is 15.1. The molecule has 0 atom stereocenters. The minimum absolute atomic E-state index is 0.481. The van der Waals surface area contributed by atoms with Crippen LogP contribution in [0.15, 0.2) is 261 Å². The van der Waals surface area contributed by atoms with Crippen molar-refractivity contribution >= 4 is 38.6 Å².